The normalized spacial score (nSPS) is 30.2. The molecule has 0 saturated heterocycles. The van der Waals surface area contributed by atoms with Crippen LogP contribution in [0.2, 0.25) is 0 Å². The van der Waals surface area contributed by atoms with Crippen molar-refractivity contribution in [3.05, 3.63) is 17.0 Å². The van der Waals surface area contributed by atoms with Gasteiger partial charge in [0.2, 0.25) is 0 Å². The van der Waals surface area contributed by atoms with Gasteiger partial charge >= 0.3 is 0 Å². The first-order valence-corrected chi connectivity index (χ1v) is 8.59. The van der Waals surface area contributed by atoms with E-state index in [1.54, 1.807) is 9.77 Å². The number of hydrogen-bond donors (Lipinski definition) is 1. The number of thiophene rings is 1. The van der Waals surface area contributed by atoms with Gasteiger partial charge in [-0.3, -0.25) is 0 Å². The largest absolute Gasteiger partial charge is 0.307 e. The average molecular weight is 267 g/mol. The Morgan fingerprint density at radius 3 is 2.88 bits per heavy atom. The molecule has 1 aromatic rings. The molecule has 0 amide bonds. The van der Waals surface area contributed by atoms with Gasteiger partial charge in [0.1, 0.15) is 0 Å². The van der Waals surface area contributed by atoms with Crippen molar-refractivity contribution < 1.29 is 0 Å². The molecule has 2 atom stereocenters. The molecule has 0 radical (unpaired) electrons. The van der Waals surface area contributed by atoms with Crippen LogP contribution >= 0.6 is 23.1 Å². The predicted octanol–water partition coefficient (Wildman–Crippen LogP) is 4.60. The summed E-state index contributed by atoms with van der Waals surface area (Å²) < 4.78 is 1.55. The van der Waals surface area contributed by atoms with E-state index < -0.39 is 0 Å². The SMILES string of the molecule is C[C@H]1CC(NC2CCCCC2)c2ccsc2S1. The average Bonchev–Trinajstić information content (AvgIpc) is 2.78. The Bertz CT molecular complexity index is 368. The second-order valence-corrected chi connectivity index (χ2v) is 8.00. The molecule has 1 aliphatic heterocycles. The van der Waals surface area contributed by atoms with Crippen LogP contribution in [0.1, 0.15) is 57.1 Å². The van der Waals surface area contributed by atoms with Crippen molar-refractivity contribution in [2.45, 2.75) is 67.0 Å². The lowest BCUT2D eigenvalue weighted by Gasteiger charge is -2.33. The van der Waals surface area contributed by atoms with Gasteiger partial charge in [-0.1, -0.05) is 26.2 Å². The van der Waals surface area contributed by atoms with Crippen LogP contribution in [-0.2, 0) is 0 Å². The Morgan fingerprint density at radius 2 is 2.06 bits per heavy atom. The van der Waals surface area contributed by atoms with Crippen LogP contribution < -0.4 is 5.32 Å². The highest BCUT2D eigenvalue weighted by atomic mass is 32.2. The van der Waals surface area contributed by atoms with Crippen molar-refractivity contribution in [3.63, 3.8) is 0 Å². The maximum Gasteiger partial charge on any atom is 0.0649 e. The summed E-state index contributed by atoms with van der Waals surface area (Å²) in [7, 11) is 0. The zero-order chi connectivity index (χ0) is 11.7. The first kappa shape index (κ1) is 12.1. The third kappa shape index (κ3) is 2.72. The predicted molar refractivity (Wildman–Crippen MR) is 77.0 cm³/mol. The van der Waals surface area contributed by atoms with Gasteiger partial charge in [-0.15, -0.1) is 23.1 Å². The Labute approximate surface area is 112 Å². The van der Waals surface area contributed by atoms with Crippen LogP contribution in [0.5, 0.6) is 0 Å². The smallest absolute Gasteiger partial charge is 0.0649 e. The van der Waals surface area contributed by atoms with Crippen molar-refractivity contribution in [1.29, 1.82) is 0 Å². The van der Waals surface area contributed by atoms with Crippen LogP contribution in [0.15, 0.2) is 15.7 Å². The van der Waals surface area contributed by atoms with E-state index in [4.69, 9.17) is 0 Å². The van der Waals surface area contributed by atoms with Crippen molar-refractivity contribution in [2.75, 3.05) is 0 Å². The fraction of sp³-hybridized carbons (Fsp3) is 0.714. The Kier molecular flexibility index (Phi) is 3.78. The zero-order valence-electron chi connectivity index (χ0n) is 10.4. The van der Waals surface area contributed by atoms with E-state index in [1.807, 2.05) is 11.3 Å². The Balaban J connectivity index is 1.70. The minimum atomic E-state index is 0.621. The quantitative estimate of drug-likeness (QED) is 0.840. The Hall–Kier alpha value is 0.01000. The highest BCUT2D eigenvalue weighted by Crippen LogP contribution is 2.44. The maximum atomic E-state index is 3.92. The lowest BCUT2D eigenvalue weighted by Crippen LogP contribution is -2.36. The monoisotopic (exact) mass is 267 g/mol. The Morgan fingerprint density at radius 1 is 1.24 bits per heavy atom. The second kappa shape index (κ2) is 5.33. The molecule has 0 bridgehead atoms. The molecule has 0 spiro atoms. The van der Waals surface area contributed by atoms with E-state index in [0.29, 0.717) is 6.04 Å². The summed E-state index contributed by atoms with van der Waals surface area (Å²) in [4.78, 5) is 0. The van der Waals surface area contributed by atoms with Gasteiger partial charge in [-0.05, 0) is 36.3 Å². The van der Waals surface area contributed by atoms with Gasteiger partial charge in [0, 0.05) is 17.3 Å². The summed E-state index contributed by atoms with van der Waals surface area (Å²) in [5.74, 6) is 0. The van der Waals surface area contributed by atoms with Crippen molar-refractivity contribution in [1.82, 2.24) is 5.32 Å². The van der Waals surface area contributed by atoms with E-state index in [2.05, 4.69) is 35.4 Å². The number of thioether (sulfide) groups is 1. The van der Waals surface area contributed by atoms with Crippen molar-refractivity contribution >= 4 is 23.1 Å². The molecule has 1 fully saturated rings. The standard InChI is InChI=1S/C14H21NS2/c1-10-9-13(12-7-8-16-14(12)17-10)15-11-5-3-2-4-6-11/h7-8,10-11,13,15H,2-6,9H2,1H3/t10-,13?/m0/s1. The fourth-order valence-electron chi connectivity index (χ4n) is 3.06. The molecule has 3 rings (SSSR count). The van der Waals surface area contributed by atoms with Crippen molar-refractivity contribution in [2.24, 2.45) is 0 Å². The first-order chi connectivity index (χ1) is 8.33. The molecule has 1 nitrogen and oxygen atoms in total. The van der Waals surface area contributed by atoms with Crippen LogP contribution in [0.4, 0.5) is 0 Å². The maximum absolute atomic E-state index is 3.92. The van der Waals surface area contributed by atoms with E-state index in [9.17, 15) is 0 Å². The molecule has 2 heterocycles. The van der Waals surface area contributed by atoms with Crippen molar-refractivity contribution in [3.8, 4) is 0 Å². The summed E-state index contributed by atoms with van der Waals surface area (Å²) in [6.07, 6.45) is 8.36. The second-order valence-electron chi connectivity index (χ2n) is 5.38. The highest BCUT2D eigenvalue weighted by Gasteiger charge is 2.28. The number of fused-ring (bicyclic) bond motifs is 1. The molecule has 1 saturated carbocycles. The van der Waals surface area contributed by atoms with Crippen LogP contribution in [0, 0.1) is 0 Å². The first-order valence-electron chi connectivity index (χ1n) is 6.83. The molecule has 0 aromatic carbocycles. The summed E-state index contributed by atoms with van der Waals surface area (Å²) in [6, 6.07) is 3.73. The third-order valence-electron chi connectivity index (χ3n) is 3.95. The molecule has 1 unspecified atom stereocenters. The van der Waals surface area contributed by atoms with Gasteiger partial charge in [0.05, 0.1) is 4.21 Å². The lowest BCUT2D eigenvalue weighted by molar-refractivity contribution is 0.327. The summed E-state index contributed by atoms with van der Waals surface area (Å²) in [6.45, 7) is 2.36. The van der Waals surface area contributed by atoms with E-state index >= 15 is 0 Å². The van der Waals surface area contributed by atoms with Crippen LogP contribution in [0.25, 0.3) is 0 Å². The molecule has 94 valence electrons. The highest BCUT2D eigenvalue weighted by molar-refractivity contribution is 8.01. The molecule has 1 aliphatic carbocycles. The van der Waals surface area contributed by atoms with E-state index in [0.717, 1.165) is 11.3 Å². The molecular formula is C14H21NS2. The lowest BCUT2D eigenvalue weighted by atomic mass is 9.93. The van der Waals surface area contributed by atoms with Gasteiger partial charge < -0.3 is 5.32 Å². The van der Waals surface area contributed by atoms with E-state index in [-0.39, 0.29) is 0 Å². The minimum absolute atomic E-state index is 0.621. The minimum Gasteiger partial charge on any atom is -0.307 e. The summed E-state index contributed by atoms with van der Waals surface area (Å²) in [5.41, 5.74) is 1.57. The molecule has 2 aliphatic rings. The van der Waals surface area contributed by atoms with Gasteiger partial charge in [-0.2, -0.15) is 0 Å². The van der Waals surface area contributed by atoms with Gasteiger partial charge in [0.25, 0.3) is 0 Å². The molecular weight excluding hydrogens is 246 g/mol. The van der Waals surface area contributed by atoms with E-state index in [1.165, 1.54) is 38.5 Å². The third-order valence-corrected chi connectivity index (χ3v) is 6.30. The number of rotatable bonds is 2. The van der Waals surface area contributed by atoms with Crippen LogP contribution in [0.3, 0.4) is 0 Å². The molecule has 1 aromatic heterocycles. The topological polar surface area (TPSA) is 12.0 Å². The summed E-state index contributed by atoms with van der Waals surface area (Å²) in [5, 5.41) is 6.95. The molecule has 17 heavy (non-hydrogen) atoms. The molecule has 1 N–H and O–H groups in total. The fourth-order valence-corrected chi connectivity index (χ4v) is 5.63. The number of nitrogens with one attached hydrogen (secondary N) is 1. The summed E-state index contributed by atoms with van der Waals surface area (Å²) >= 11 is 3.98. The molecule has 3 heteroatoms. The van der Waals surface area contributed by atoms with Gasteiger partial charge in [0.15, 0.2) is 0 Å². The zero-order valence-corrected chi connectivity index (χ0v) is 12.1. The number of hydrogen-bond acceptors (Lipinski definition) is 3. The van der Waals surface area contributed by atoms with Gasteiger partial charge in [-0.25, -0.2) is 0 Å². The van der Waals surface area contributed by atoms with Crippen LogP contribution in [-0.4, -0.2) is 11.3 Å².